The molecular weight excluding hydrogens is 290 g/mol. The topological polar surface area (TPSA) is 88.3 Å². The van der Waals surface area contributed by atoms with E-state index in [0.717, 1.165) is 28.1 Å². The number of nitro benzene ring substituents is 1. The van der Waals surface area contributed by atoms with Crippen LogP contribution in [0.15, 0.2) is 12.1 Å². The van der Waals surface area contributed by atoms with Crippen molar-refractivity contribution in [2.45, 2.75) is 26.7 Å². The van der Waals surface area contributed by atoms with Gasteiger partial charge in [0.15, 0.2) is 0 Å². The summed E-state index contributed by atoms with van der Waals surface area (Å²) < 4.78 is 0.832. The molecule has 7 heteroatoms. The molecule has 2 aromatic rings. The van der Waals surface area contributed by atoms with Crippen molar-refractivity contribution in [3.63, 3.8) is 0 Å². The number of nitrogens with zero attached hydrogens (tertiary/aromatic N) is 2. The third kappa shape index (κ3) is 3.89. The SMILES string of the molecule is Cc1nc2cc(NCCCC(C)CO)c([N+](=O)[O-])cc2s1. The first-order chi connectivity index (χ1) is 10.0. The van der Waals surface area contributed by atoms with Crippen LogP contribution in [0.4, 0.5) is 11.4 Å². The van der Waals surface area contributed by atoms with Gasteiger partial charge in [0.2, 0.25) is 0 Å². The molecule has 0 radical (unpaired) electrons. The second-order valence-corrected chi connectivity index (χ2v) is 6.42. The van der Waals surface area contributed by atoms with E-state index in [2.05, 4.69) is 10.3 Å². The molecule has 0 fully saturated rings. The van der Waals surface area contributed by atoms with E-state index in [-0.39, 0.29) is 23.1 Å². The molecule has 114 valence electrons. The third-order valence-electron chi connectivity index (χ3n) is 3.31. The standard InChI is InChI=1S/C14H19N3O3S/c1-9(8-18)4-3-5-15-11-6-12-14(21-10(2)16-12)7-13(11)17(19)20/h6-7,9,15,18H,3-5,8H2,1-2H3. The molecule has 0 spiro atoms. The molecule has 0 aliphatic rings. The van der Waals surface area contributed by atoms with Crippen LogP contribution in [0.2, 0.25) is 0 Å². The molecule has 0 saturated heterocycles. The van der Waals surface area contributed by atoms with Gasteiger partial charge in [0.1, 0.15) is 5.69 Å². The summed E-state index contributed by atoms with van der Waals surface area (Å²) in [5.74, 6) is 0.255. The molecular formula is C14H19N3O3S. The molecule has 0 amide bonds. The average molecular weight is 309 g/mol. The number of hydrogen-bond donors (Lipinski definition) is 2. The summed E-state index contributed by atoms with van der Waals surface area (Å²) in [6.07, 6.45) is 1.74. The van der Waals surface area contributed by atoms with Gasteiger partial charge in [-0.15, -0.1) is 11.3 Å². The van der Waals surface area contributed by atoms with Crippen LogP contribution in [-0.2, 0) is 0 Å². The molecule has 0 saturated carbocycles. The molecule has 1 aromatic carbocycles. The lowest BCUT2D eigenvalue weighted by Crippen LogP contribution is -2.07. The largest absolute Gasteiger partial charge is 0.396 e. The number of aromatic nitrogens is 1. The number of aryl methyl sites for hydroxylation is 1. The highest BCUT2D eigenvalue weighted by Crippen LogP contribution is 2.32. The van der Waals surface area contributed by atoms with Crippen LogP contribution >= 0.6 is 11.3 Å². The number of rotatable bonds is 7. The van der Waals surface area contributed by atoms with Crippen LogP contribution in [0.25, 0.3) is 10.2 Å². The molecule has 1 aromatic heterocycles. The van der Waals surface area contributed by atoms with Crippen molar-refractivity contribution in [1.82, 2.24) is 4.98 Å². The molecule has 1 atom stereocenters. The normalized spacial score (nSPS) is 12.5. The van der Waals surface area contributed by atoms with Crippen LogP contribution in [0.5, 0.6) is 0 Å². The van der Waals surface area contributed by atoms with Gasteiger partial charge in [0, 0.05) is 19.2 Å². The lowest BCUT2D eigenvalue weighted by molar-refractivity contribution is -0.383. The Morgan fingerprint density at radius 2 is 2.29 bits per heavy atom. The summed E-state index contributed by atoms with van der Waals surface area (Å²) in [5.41, 5.74) is 1.38. The minimum absolute atomic E-state index is 0.0846. The lowest BCUT2D eigenvalue weighted by atomic mass is 10.1. The molecule has 21 heavy (non-hydrogen) atoms. The Morgan fingerprint density at radius 1 is 1.52 bits per heavy atom. The highest BCUT2D eigenvalue weighted by Gasteiger charge is 2.16. The van der Waals surface area contributed by atoms with Crippen molar-refractivity contribution in [2.75, 3.05) is 18.5 Å². The number of aliphatic hydroxyl groups excluding tert-OH is 1. The first kappa shape index (κ1) is 15.7. The first-order valence-electron chi connectivity index (χ1n) is 6.91. The maximum absolute atomic E-state index is 11.2. The predicted octanol–water partition coefficient (Wildman–Crippen LogP) is 3.33. The zero-order valence-corrected chi connectivity index (χ0v) is 12.9. The van der Waals surface area contributed by atoms with Gasteiger partial charge in [0.25, 0.3) is 5.69 Å². The average Bonchev–Trinajstić information content (AvgIpc) is 2.81. The van der Waals surface area contributed by atoms with Gasteiger partial charge in [-0.2, -0.15) is 0 Å². The number of hydrogen-bond acceptors (Lipinski definition) is 6. The van der Waals surface area contributed by atoms with Gasteiger partial charge in [-0.25, -0.2) is 4.98 Å². The van der Waals surface area contributed by atoms with Gasteiger partial charge >= 0.3 is 0 Å². The minimum atomic E-state index is -0.368. The van der Waals surface area contributed by atoms with Crippen molar-refractivity contribution < 1.29 is 10.0 Å². The van der Waals surface area contributed by atoms with Crippen LogP contribution in [0, 0.1) is 23.0 Å². The maximum Gasteiger partial charge on any atom is 0.293 e. The monoisotopic (exact) mass is 309 g/mol. The summed E-state index contributed by atoms with van der Waals surface area (Å²) in [7, 11) is 0. The number of nitro groups is 1. The smallest absolute Gasteiger partial charge is 0.293 e. The zero-order valence-electron chi connectivity index (χ0n) is 12.1. The fourth-order valence-corrected chi connectivity index (χ4v) is 2.98. The van der Waals surface area contributed by atoms with E-state index < -0.39 is 0 Å². The van der Waals surface area contributed by atoms with Crippen molar-refractivity contribution in [2.24, 2.45) is 5.92 Å². The van der Waals surface area contributed by atoms with E-state index in [1.54, 1.807) is 12.1 Å². The van der Waals surface area contributed by atoms with Crippen LogP contribution < -0.4 is 5.32 Å². The summed E-state index contributed by atoms with van der Waals surface area (Å²) in [6, 6.07) is 3.32. The second kappa shape index (κ2) is 6.82. The van der Waals surface area contributed by atoms with Gasteiger partial charge in [-0.05, 0) is 31.7 Å². The summed E-state index contributed by atoms with van der Waals surface area (Å²) in [5, 5.41) is 24.2. The number of anilines is 1. The predicted molar refractivity (Wildman–Crippen MR) is 85.0 cm³/mol. The highest BCUT2D eigenvalue weighted by atomic mass is 32.1. The Balaban J connectivity index is 2.13. The number of benzene rings is 1. The fourth-order valence-electron chi connectivity index (χ4n) is 2.14. The molecule has 0 aliphatic carbocycles. The number of nitrogens with one attached hydrogen (secondary N) is 1. The van der Waals surface area contributed by atoms with E-state index >= 15 is 0 Å². The van der Waals surface area contributed by atoms with Crippen LogP contribution in [0.1, 0.15) is 24.8 Å². The minimum Gasteiger partial charge on any atom is -0.396 e. The van der Waals surface area contributed by atoms with E-state index in [1.165, 1.54) is 11.3 Å². The van der Waals surface area contributed by atoms with E-state index in [9.17, 15) is 10.1 Å². The number of thiazole rings is 1. The zero-order chi connectivity index (χ0) is 15.4. The van der Waals surface area contributed by atoms with Crippen LogP contribution in [0.3, 0.4) is 0 Å². The second-order valence-electron chi connectivity index (χ2n) is 5.18. The Bertz CT molecular complexity index is 642. The Labute approximate surface area is 127 Å². The molecule has 0 aliphatic heterocycles. The highest BCUT2D eigenvalue weighted by molar-refractivity contribution is 7.18. The number of aliphatic hydroxyl groups is 1. The van der Waals surface area contributed by atoms with Crippen molar-refractivity contribution in [1.29, 1.82) is 0 Å². The Hall–Kier alpha value is -1.73. The lowest BCUT2D eigenvalue weighted by Gasteiger charge is -2.09. The molecule has 2 rings (SSSR count). The van der Waals surface area contributed by atoms with Crippen LogP contribution in [-0.4, -0.2) is 28.2 Å². The molecule has 2 N–H and O–H groups in total. The first-order valence-corrected chi connectivity index (χ1v) is 7.73. The third-order valence-corrected chi connectivity index (χ3v) is 4.24. The van der Waals surface area contributed by atoms with Gasteiger partial charge in [-0.1, -0.05) is 6.92 Å². The van der Waals surface area contributed by atoms with E-state index in [1.807, 2.05) is 13.8 Å². The van der Waals surface area contributed by atoms with Crippen molar-refractivity contribution in [3.05, 3.63) is 27.3 Å². The van der Waals surface area contributed by atoms with Crippen molar-refractivity contribution >= 4 is 32.9 Å². The van der Waals surface area contributed by atoms with E-state index in [0.29, 0.717) is 12.2 Å². The van der Waals surface area contributed by atoms with Gasteiger partial charge in [-0.3, -0.25) is 10.1 Å². The summed E-state index contributed by atoms with van der Waals surface area (Å²) in [6.45, 7) is 4.68. The molecule has 1 heterocycles. The molecule has 1 unspecified atom stereocenters. The number of fused-ring (bicyclic) bond motifs is 1. The maximum atomic E-state index is 11.2. The summed E-state index contributed by atoms with van der Waals surface area (Å²) in [4.78, 5) is 15.2. The quantitative estimate of drug-likeness (QED) is 0.465. The van der Waals surface area contributed by atoms with Gasteiger partial charge in [0.05, 0.1) is 20.1 Å². The Morgan fingerprint density at radius 3 is 2.95 bits per heavy atom. The Kier molecular flexibility index (Phi) is 5.08. The summed E-state index contributed by atoms with van der Waals surface area (Å²) >= 11 is 1.46. The molecule has 6 nitrogen and oxygen atoms in total. The van der Waals surface area contributed by atoms with E-state index in [4.69, 9.17) is 5.11 Å². The molecule has 0 bridgehead atoms. The fraction of sp³-hybridized carbons (Fsp3) is 0.500. The van der Waals surface area contributed by atoms with Crippen molar-refractivity contribution in [3.8, 4) is 0 Å². The van der Waals surface area contributed by atoms with Gasteiger partial charge < -0.3 is 10.4 Å².